The van der Waals surface area contributed by atoms with Crippen LogP contribution in [0.1, 0.15) is 0 Å². The summed E-state index contributed by atoms with van der Waals surface area (Å²) in [5, 5.41) is 4.60. The Bertz CT molecular complexity index is 3530. The van der Waals surface area contributed by atoms with Crippen molar-refractivity contribution in [3.63, 3.8) is 0 Å². The SMILES string of the molecule is c1ccc(-c2nc(-c3ccccc3)nc(-c3cc(-n4c5ccccc5c5ccccc54)c(-n4c5ccccc5c5ccccc54)cc3-c3nc(-c4ccccc4)nc(-c4ccccc4)n3)n2)cc1. The summed E-state index contributed by atoms with van der Waals surface area (Å²) >= 11 is 0. The zero-order chi connectivity index (χ0) is 45.0. The third-order valence-corrected chi connectivity index (χ3v) is 12.6. The molecule has 4 aromatic heterocycles. The first kappa shape index (κ1) is 39.0. The van der Waals surface area contributed by atoms with E-state index in [-0.39, 0.29) is 0 Å². The molecule has 0 radical (unpaired) electrons. The largest absolute Gasteiger partial charge is 0.307 e. The van der Waals surface area contributed by atoms with Crippen LogP contribution in [0.5, 0.6) is 0 Å². The number of hydrogen-bond acceptors (Lipinski definition) is 6. The zero-order valence-corrected chi connectivity index (χ0v) is 36.5. The molecule has 0 aliphatic carbocycles. The Kier molecular flexibility index (Phi) is 9.31. The van der Waals surface area contributed by atoms with Gasteiger partial charge >= 0.3 is 0 Å². The number of hydrogen-bond donors (Lipinski definition) is 0. The van der Waals surface area contributed by atoms with Crippen molar-refractivity contribution in [3.8, 4) is 79.7 Å². The number of benzene rings is 9. The van der Waals surface area contributed by atoms with Gasteiger partial charge in [0.2, 0.25) is 0 Å². The molecule has 0 spiro atoms. The van der Waals surface area contributed by atoms with Gasteiger partial charge in [0.1, 0.15) is 0 Å². The van der Waals surface area contributed by atoms with Gasteiger partial charge in [-0.15, -0.1) is 0 Å². The van der Waals surface area contributed by atoms with E-state index in [0.29, 0.717) is 34.9 Å². The molecule has 0 bridgehead atoms. The van der Waals surface area contributed by atoms with Gasteiger partial charge in [0, 0.05) is 54.9 Å². The zero-order valence-electron chi connectivity index (χ0n) is 36.5. The highest BCUT2D eigenvalue weighted by Crippen LogP contribution is 2.43. The van der Waals surface area contributed by atoms with Crippen LogP contribution in [0.15, 0.2) is 231 Å². The van der Waals surface area contributed by atoms with Crippen LogP contribution in [0.3, 0.4) is 0 Å². The van der Waals surface area contributed by atoms with Gasteiger partial charge in [-0.25, -0.2) is 29.9 Å². The van der Waals surface area contributed by atoms with Gasteiger partial charge in [0.15, 0.2) is 34.9 Å². The van der Waals surface area contributed by atoms with Gasteiger partial charge in [-0.2, -0.15) is 0 Å². The van der Waals surface area contributed by atoms with Gasteiger partial charge in [-0.1, -0.05) is 194 Å². The lowest BCUT2D eigenvalue weighted by Gasteiger charge is -2.21. The maximum Gasteiger partial charge on any atom is 0.164 e. The number of nitrogens with zero attached hydrogens (tertiary/aromatic N) is 8. The molecule has 0 saturated carbocycles. The molecule has 9 aromatic carbocycles. The molecule has 4 heterocycles. The Balaban J connectivity index is 1.22. The second-order valence-electron chi connectivity index (χ2n) is 16.7. The highest BCUT2D eigenvalue weighted by atomic mass is 15.1. The van der Waals surface area contributed by atoms with Gasteiger partial charge in [0.05, 0.1) is 33.4 Å². The summed E-state index contributed by atoms with van der Waals surface area (Å²) in [6.45, 7) is 0. The number of aromatic nitrogens is 8. The van der Waals surface area contributed by atoms with E-state index in [2.05, 4.69) is 118 Å². The van der Waals surface area contributed by atoms with Gasteiger partial charge in [-0.05, 0) is 36.4 Å². The lowest BCUT2D eigenvalue weighted by molar-refractivity contribution is 1.05. The maximum absolute atomic E-state index is 5.38. The van der Waals surface area contributed by atoms with E-state index in [1.807, 2.05) is 121 Å². The van der Waals surface area contributed by atoms with Crippen molar-refractivity contribution >= 4 is 43.6 Å². The Morgan fingerprint density at radius 3 is 0.706 bits per heavy atom. The molecule has 0 fully saturated rings. The molecule has 0 aliphatic heterocycles. The van der Waals surface area contributed by atoms with E-state index >= 15 is 0 Å². The first-order valence-corrected chi connectivity index (χ1v) is 22.6. The van der Waals surface area contributed by atoms with Crippen LogP contribution in [0.2, 0.25) is 0 Å². The van der Waals surface area contributed by atoms with Crippen molar-refractivity contribution in [1.82, 2.24) is 39.0 Å². The summed E-state index contributed by atoms with van der Waals surface area (Å²) in [5.74, 6) is 3.16. The Morgan fingerprint density at radius 1 is 0.221 bits per heavy atom. The molecular formula is C60H38N8. The Labute approximate surface area is 391 Å². The second-order valence-corrected chi connectivity index (χ2v) is 16.7. The molecule has 0 saturated heterocycles. The van der Waals surface area contributed by atoms with Crippen LogP contribution in [0.4, 0.5) is 0 Å². The molecule has 13 rings (SSSR count). The minimum Gasteiger partial charge on any atom is -0.307 e. The van der Waals surface area contributed by atoms with Crippen molar-refractivity contribution < 1.29 is 0 Å². The van der Waals surface area contributed by atoms with Crippen LogP contribution < -0.4 is 0 Å². The van der Waals surface area contributed by atoms with E-state index in [0.717, 1.165) is 88.4 Å². The number of rotatable bonds is 8. The fraction of sp³-hybridized carbons (Fsp3) is 0. The van der Waals surface area contributed by atoms with Crippen LogP contribution in [0, 0.1) is 0 Å². The predicted molar refractivity (Wildman–Crippen MR) is 275 cm³/mol. The fourth-order valence-corrected chi connectivity index (χ4v) is 9.53. The van der Waals surface area contributed by atoms with Crippen molar-refractivity contribution in [2.24, 2.45) is 0 Å². The second kappa shape index (κ2) is 16.2. The van der Waals surface area contributed by atoms with Crippen molar-refractivity contribution in [1.29, 1.82) is 0 Å². The minimum absolute atomic E-state index is 0.478. The smallest absolute Gasteiger partial charge is 0.164 e. The van der Waals surface area contributed by atoms with Crippen molar-refractivity contribution in [2.75, 3.05) is 0 Å². The van der Waals surface area contributed by atoms with Crippen molar-refractivity contribution in [2.45, 2.75) is 0 Å². The summed E-state index contributed by atoms with van der Waals surface area (Å²) in [6.07, 6.45) is 0. The summed E-state index contributed by atoms with van der Waals surface area (Å²) in [5.41, 5.74) is 11.1. The van der Waals surface area contributed by atoms with E-state index < -0.39 is 0 Å². The molecule has 0 aliphatic rings. The standard InChI is InChI=1S/C60H38N8/c1-5-21-39(22-6-1)55-61-56(40-23-7-2-8-24-40)64-59(63-55)47-37-53(67-49-33-17-13-29-43(49)44-30-14-18-34-50(44)67)54(68-51-35-19-15-31-45(51)46-32-16-20-36-52(46)68)38-48(47)60-65-57(41-25-9-3-10-26-41)62-58(66-60)42-27-11-4-12-28-42/h1-38H. The van der Waals surface area contributed by atoms with Crippen LogP contribution in [-0.2, 0) is 0 Å². The molecule has 0 amide bonds. The summed E-state index contributed by atoms with van der Waals surface area (Å²) in [7, 11) is 0. The minimum atomic E-state index is 0.478. The lowest BCUT2D eigenvalue weighted by atomic mass is 10.0. The molecule has 13 aromatic rings. The third-order valence-electron chi connectivity index (χ3n) is 12.6. The molecule has 8 nitrogen and oxygen atoms in total. The van der Waals surface area contributed by atoms with Crippen LogP contribution in [0.25, 0.3) is 123 Å². The highest BCUT2D eigenvalue weighted by molar-refractivity contribution is 6.12. The maximum atomic E-state index is 5.38. The summed E-state index contributed by atoms with van der Waals surface area (Å²) in [4.78, 5) is 31.7. The number of para-hydroxylation sites is 4. The average molecular weight is 871 g/mol. The first-order valence-electron chi connectivity index (χ1n) is 22.6. The first-order chi connectivity index (χ1) is 33.7. The van der Waals surface area contributed by atoms with Crippen molar-refractivity contribution in [3.05, 3.63) is 231 Å². The van der Waals surface area contributed by atoms with E-state index in [9.17, 15) is 0 Å². The average Bonchev–Trinajstić information content (AvgIpc) is 3.94. The molecular weight excluding hydrogens is 833 g/mol. The van der Waals surface area contributed by atoms with E-state index in [4.69, 9.17) is 29.9 Å². The summed E-state index contributed by atoms with van der Waals surface area (Å²) in [6, 6.07) is 79.3. The van der Waals surface area contributed by atoms with Crippen LogP contribution in [-0.4, -0.2) is 39.0 Å². The van der Waals surface area contributed by atoms with Gasteiger partial charge in [0.25, 0.3) is 0 Å². The molecule has 318 valence electrons. The van der Waals surface area contributed by atoms with Crippen LogP contribution >= 0.6 is 0 Å². The number of fused-ring (bicyclic) bond motifs is 6. The normalized spacial score (nSPS) is 11.5. The van der Waals surface area contributed by atoms with Gasteiger partial charge in [-0.3, -0.25) is 0 Å². The quantitative estimate of drug-likeness (QED) is 0.151. The van der Waals surface area contributed by atoms with E-state index in [1.54, 1.807) is 0 Å². The lowest BCUT2D eigenvalue weighted by Crippen LogP contribution is -2.08. The monoisotopic (exact) mass is 870 g/mol. The van der Waals surface area contributed by atoms with Gasteiger partial charge < -0.3 is 9.13 Å². The Morgan fingerprint density at radius 2 is 0.441 bits per heavy atom. The molecule has 0 N–H and O–H groups in total. The predicted octanol–water partition coefficient (Wildman–Crippen LogP) is 14.3. The molecule has 0 atom stereocenters. The van der Waals surface area contributed by atoms with E-state index in [1.165, 1.54) is 0 Å². The third kappa shape index (κ3) is 6.62. The molecule has 8 heteroatoms. The molecule has 0 unspecified atom stereocenters. The Hall–Kier alpha value is -9.40. The molecule has 68 heavy (non-hydrogen) atoms. The fourth-order valence-electron chi connectivity index (χ4n) is 9.53. The summed E-state index contributed by atoms with van der Waals surface area (Å²) < 4.78 is 4.76. The highest BCUT2D eigenvalue weighted by Gasteiger charge is 2.26. The topological polar surface area (TPSA) is 87.2 Å².